The monoisotopic (exact) mass is 220 g/mol. The molecule has 1 aliphatic carbocycles. The highest BCUT2D eigenvalue weighted by atomic mass is 16.4. The van der Waals surface area contributed by atoms with Gasteiger partial charge in [-0.1, -0.05) is 24.3 Å². The van der Waals surface area contributed by atoms with E-state index in [1.807, 2.05) is 24.3 Å². The summed E-state index contributed by atoms with van der Waals surface area (Å²) in [6.45, 7) is 0. The zero-order valence-electron chi connectivity index (χ0n) is 9.15. The van der Waals surface area contributed by atoms with E-state index in [9.17, 15) is 9.90 Å². The topological polar surface area (TPSA) is 57.5 Å². The molecule has 0 heterocycles. The van der Waals surface area contributed by atoms with E-state index < -0.39 is 11.6 Å². The molecule has 0 amide bonds. The van der Waals surface area contributed by atoms with Crippen LogP contribution in [0.3, 0.4) is 0 Å². The van der Waals surface area contributed by atoms with Gasteiger partial charge in [-0.3, -0.25) is 4.79 Å². The second-order valence-electron chi connectivity index (χ2n) is 4.61. The Balaban J connectivity index is 1.91. The number of hydrogen-bond acceptors (Lipinski definition) is 2. The van der Waals surface area contributed by atoms with Gasteiger partial charge in [0.15, 0.2) is 0 Å². The van der Waals surface area contributed by atoms with Crippen molar-refractivity contribution in [2.75, 3.05) is 0 Å². The maximum Gasteiger partial charge on any atom is 0.303 e. The van der Waals surface area contributed by atoms with E-state index in [0.717, 1.165) is 24.0 Å². The first-order chi connectivity index (χ1) is 7.57. The first kappa shape index (κ1) is 11.1. The minimum Gasteiger partial charge on any atom is -0.481 e. The molecule has 0 saturated heterocycles. The van der Waals surface area contributed by atoms with Gasteiger partial charge in [0.25, 0.3) is 0 Å². The highest BCUT2D eigenvalue weighted by molar-refractivity contribution is 5.67. The van der Waals surface area contributed by atoms with Gasteiger partial charge in [-0.15, -0.1) is 0 Å². The summed E-state index contributed by atoms with van der Waals surface area (Å²) < 4.78 is 0. The molecule has 16 heavy (non-hydrogen) atoms. The zero-order chi connectivity index (χ0) is 11.6. The van der Waals surface area contributed by atoms with Crippen LogP contribution < -0.4 is 0 Å². The number of carboxylic acid groups (broad SMARTS) is 1. The lowest BCUT2D eigenvalue weighted by Gasteiger charge is -2.07. The van der Waals surface area contributed by atoms with Gasteiger partial charge in [-0.25, -0.2) is 0 Å². The van der Waals surface area contributed by atoms with Gasteiger partial charge in [0.1, 0.15) is 0 Å². The summed E-state index contributed by atoms with van der Waals surface area (Å²) in [6.07, 6.45) is 3.25. The fraction of sp³-hybridized carbons (Fsp3) is 0.462. The minimum absolute atomic E-state index is 0.170. The summed E-state index contributed by atoms with van der Waals surface area (Å²) in [5, 5.41) is 18.3. The Kier molecular flexibility index (Phi) is 2.97. The van der Waals surface area contributed by atoms with Crippen molar-refractivity contribution < 1.29 is 15.0 Å². The van der Waals surface area contributed by atoms with Gasteiger partial charge in [0.2, 0.25) is 0 Å². The van der Waals surface area contributed by atoms with E-state index in [1.54, 1.807) is 0 Å². The first-order valence-electron chi connectivity index (χ1n) is 5.59. The highest BCUT2D eigenvalue weighted by Gasteiger charge is 2.39. The van der Waals surface area contributed by atoms with E-state index in [-0.39, 0.29) is 6.42 Å². The van der Waals surface area contributed by atoms with Gasteiger partial charge >= 0.3 is 5.97 Å². The lowest BCUT2D eigenvalue weighted by molar-refractivity contribution is -0.136. The second-order valence-corrected chi connectivity index (χ2v) is 4.61. The lowest BCUT2D eigenvalue weighted by atomic mass is 10.0. The number of benzene rings is 1. The molecule has 3 heteroatoms. The Labute approximate surface area is 94.7 Å². The van der Waals surface area contributed by atoms with E-state index in [1.165, 1.54) is 0 Å². The van der Waals surface area contributed by atoms with Crippen molar-refractivity contribution in [3.05, 3.63) is 35.4 Å². The summed E-state index contributed by atoms with van der Waals surface area (Å²) in [4.78, 5) is 10.4. The van der Waals surface area contributed by atoms with E-state index in [4.69, 9.17) is 5.11 Å². The summed E-state index contributed by atoms with van der Waals surface area (Å²) in [5.41, 5.74) is 1.70. The molecule has 0 aliphatic heterocycles. The maximum absolute atomic E-state index is 10.4. The van der Waals surface area contributed by atoms with Crippen molar-refractivity contribution >= 4 is 5.97 Å². The third kappa shape index (κ3) is 3.07. The second kappa shape index (κ2) is 4.26. The predicted molar refractivity (Wildman–Crippen MR) is 60.3 cm³/mol. The molecular formula is C13H16O3. The Morgan fingerprint density at radius 1 is 1.19 bits per heavy atom. The van der Waals surface area contributed by atoms with Crippen LogP contribution in [0, 0.1) is 0 Å². The molecule has 0 radical (unpaired) electrons. The summed E-state index contributed by atoms with van der Waals surface area (Å²) in [6, 6.07) is 7.86. The van der Waals surface area contributed by atoms with Gasteiger partial charge in [0, 0.05) is 12.8 Å². The van der Waals surface area contributed by atoms with Crippen LogP contribution >= 0.6 is 0 Å². The number of aliphatic carboxylic acids is 1. The maximum atomic E-state index is 10.4. The Bertz CT molecular complexity index is 377. The van der Waals surface area contributed by atoms with Crippen LogP contribution in [0.25, 0.3) is 0 Å². The highest BCUT2D eigenvalue weighted by Crippen LogP contribution is 2.38. The van der Waals surface area contributed by atoms with Crippen molar-refractivity contribution in [1.82, 2.24) is 0 Å². The fourth-order valence-electron chi connectivity index (χ4n) is 1.78. The van der Waals surface area contributed by atoms with Crippen molar-refractivity contribution in [1.29, 1.82) is 0 Å². The molecule has 1 fully saturated rings. The van der Waals surface area contributed by atoms with Crippen molar-refractivity contribution in [2.45, 2.75) is 37.7 Å². The van der Waals surface area contributed by atoms with Crippen molar-refractivity contribution in [3.8, 4) is 0 Å². The molecule has 2 rings (SSSR count). The third-order valence-corrected chi connectivity index (χ3v) is 3.01. The van der Waals surface area contributed by atoms with Crippen LogP contribution in [0.1, 0.15) is 30.4 Å². The fourth-order valence-corrected chi connectivity index (χ4v) is 1.78. The molecule has 1 aliphatic rings. The van der Waals surface area contributed by atoms with Gasteiger partial charge in [-0.05, 0) is 30.4 Å². The smallest absolute Gasteiger partial charge is 0.303 e. The predicted octanol–water partition coefficient (Wildman–Crippen LogP) is 1.77. The lowest BCUT2D eigenvalue weighted by Crippen LogP contribution is -2.10. The molecule has 0 unspecified atom stereocenters. The van der Waals surface area contributed by atoms with Crippen LogP contribution in [0.2, 0.25) is 0 Å². The summed E-state index contributed by atoms with van der Waals surface area (Å²) in [5.74, 6) is -0.767. The molecule has 2 N–H and O–H groups in total. The molecule has 0 spiro atoms. The van der Waals surface area contributed by atoms with Crippen LogP contribution in [0.4, 0.5) is 0 Å². The zero-order valence-corrected chi connectivity index (χ0v) is 9.15. The largest absolute Gasteiger partial charge is 0.481 e. The molecule has 1 aromatic carbocycles. The molecule has 86 valence electrons. The number of hydrogen-bond donors (Lipinski definition) is 2. The number of carboxylic acids is 1. The van der Waals surface area contributed by atoms with Gasteiger partial charge in [0.05, 0.1) is 5.60 Å². The van der Waals surface area contributed by atoms with Gasteiger partial charge < -0.3 is 10.2 Å². The SMILES string of the molecule is O=C(O)CCc1ccc(CC2(O)CC2)cc1. The van der Waals surface area contributed by atoms with Crippen molar-refractivity contribution in [3.63, 3.8) is 0 Å². The van der Waals surface area contributed by atoms with Crippen LogP contribution in [-0.2, 0) is 17.6 Å². The van der Waals surface area contributed by atoms with E-state index in [0.29, 0.717) is 12.8 Å². The van der Waals surface area contributed by atoms with Crippen LogP contribution in [-0.4, -0.2) is 21.8 Å². The number of carbonyl (C=O) groups is 1. The molecule has 0 atom stereocenters. The average Bonchev–Trinajstić information content (AvgIpc) is 2.95. The quantitative estimate of drug-likeness (QED) is 0.795. The number of aryl methyl sites for hydroxylation is 1. The van der Waals surface area contributed by atoms with E-state index in [2.05, 4.69) is 0 Å². The average molecular weight is 220 g/mol. The number of rotatable bonds is 5. The standard InChI is InChI=1S/C13H16O3/c14-12(15)6-5-10-1-3-11(4-2-10)9-13(16)7-8-13/h1-4,16H,5-9H2,(H,14,15). The molecule has 1 saturated carbocycles. The molecule has 0 bridgehead atoms. The summed E-state index contributed by atoms with van der Waals surface area (Å²) >= 11 is 0. The Morgan fingerprint density at radius 2 is 1.75 bits per heavy atom. The minimum atomic E-state index is -0.767. The molecular weight excluding hydrogens is 204 g/mol. The van der Waals surface area contributed by atoms with Crippen LogP contribution in [0.15, 0.2) is 24.3 Å². The molecule has 1 aromatic rings. The first-order valence-corrected chi connectivity index (χ1v) is 5.59. The summed E-state index contributed by atoms with van der Waals surface area (Å²) in [7, 11) is 0. The third-order valence-electron chi connectivity index (χ3n) is 3.01. The van der Waals surface area contributed by atoms with Crippen LogP contribution in [0.5, 0.6) is 0 Å². The Morgan fingerprint density at radius 3 is 2.25 bits per heavy atom. The van der Waals surface area contributed by atoms with E-state index >= 15 is 0 Å². The van der Waals surface area contributed by atoms with Crippen molar-refractivity contribution in [2.24, 2.45) is 0 Å². The Hall–Kier alpha value is -1.35. The molecule has 0 aromatic heterocycles. The number of aliphatic hydroxyl groups is 1. The van der Waals surface area contributed by atoms with Gasteiger partial charge in [-0.2, -0.15) is 0 Å². The normalized spacial score (nSPS) is 17.1. The molecule has 3 nitrogen and oxygen atoms in total.